The fraction of sp³-hybridized carbons (Fsp3) is 0.0513. The summed E-state index contributed by atoms with van der Waals surface area (Å²) in [7, 11) is 4.12. The third kappa shape index (κ3) is 4.17. The van der Waals surface area contributed by atoms with Crippen LogP contribution in [0.1, 0.15) is 5.56 Å². The van der Waals surface area contributed by atoms with Gasteiger partial charge in [0.2, 0.25) is 0 Å². The minimum atomic E-state index is 0. The molecule has 0 aliphatic carbocycles. The molecule has 0 bridgehead atoms. The van der Waals surface area contributed by atoms with Crippen molar-refractivity contribution >= 4 is 59.8 Å². The first-order valence-corrected chi connectivity index (χ1v) is 14.8. The molecule has 6 heteroatoms. The standard InChI is InChI=1S/C24H15N2.C15H12N3.Ir/c1-26-12-10-19-23-18(7-4-11-25-23)21-14-20-16(13-22(21)24(19)26)9-8-15-5-2-3-6-17(15)20;1-16-10-15-13-7-3-2-6-12(13)14-8-4-5-9-17(14)18(15)11-16;/h2-9,11-14H,1H3;2-8,10-11H,1H3;/q2*-1;+3. The zero-order chi connectivity index (χ0) is 29.4. The maximum absolute atomic E-state index is 4.67. The molecule has 2 aliphatic rings. The van der Waals surface area contributed by atoms with Gasteiger partial charge in [-0.3, -0.25) is 5.01 Å². The van der Waals surface area contributed by atoms with E-state index in [2.05, 4.69) is 141 Å². The SMILES string of the molecule is CN1C=C2c3ccccc3-c3ccc[c-][n+]3N2[CH-]1.Cn1c[c-]c2c3ncccc3c3cc4c(ccc5ccccc54)cc3c21.[Ir+3]. The first-order chi connectivity index (χ1) is 21.7. The predicted molar refractivity (Wildman–Crippen MR) is 179 cm³/mol. The third-order valence-electron chi connectivity index (χ3n) is 8.80. The number of aromatic nitrogens is 3. The Bertz CT molecular complexity index is 2480. The Morgan fingerprint density at radius 1 is 0.733 bits per heavy atom. The van der Waals surface area contributed by atoms with Crippen LogP contribution in [0.5, 0.6) is 0 Å². The van der Waals surface area contributed by atoms with Gasteiger partial charge < -0.3 is 14.5 Å². The summed E-state index contributed by atoms with van der Waals surface area (Å²) in [6, 6.07) is 39.8. The molecule has 10 rings (SSSR count). The number of hydrogen-bond acceptors (Lipinski definition) is 3. The van der Waals surface area contributed by atoms with E-state index in [0.29, 0.717) is 0 Å². The van der Waals surface area contributed by atoms with Gasteiger partial charge in [0.05, 0.1) is 5.70 Å². The van der Waals surface area contributed by atoms with Crippen LogP contribution < -0.4 is 9.69 Å². The summed E-state index contributed by atoms with van der Waals surface area (Å²) in [5.74, 6) is 0. The molecular formula is C39H27IrN5+. The second-order valence-electron chi connectivity index (χ2n) is 11.5. The molecule has 8 aromatic rings. The van der Waals surface area contributed by atoms with Gasteiger partial charge in [0.25, 0.3) is 0 Å². The molecule has 5 heterocycles. The Hall–Kier alpha value is -5.03. The number of benzene rings is 5. The minimum Gasteiger partial charge on any atom is -0.504 e. The zero-order valence-corrected chi connectivity index (χ0v) is 27.1. The van der Waals surface area contributed by atoms with E-state index in [1.807, 2.05) is 37.6 Å². The van der Waals surface area contributed by atoms with Crippen molar-refractivity contribution in [2.45, 2.75) is 0 Å². The molecule has 0 radical (unpaired) electrons. The molecule has 2 aliphatic heterocycles. The average molecular weight is 758 g/mol. The van der Waals surface area contributed by atoms with Crippen LogP contribution in [0.4, 0.5) is 0 Å². The van der Waals surface area contributed by atoms with E-state index in [9.17, 15) is 0 Å². The Labute approximate surface area is 274 Å². The molecule has 0 atom stereocenters. The van der Waals surface area contributed by atoms with Crippen molar-refractivity contribution in [1.29, 1.82) is 0 Å². The fourth-order valence-electron chi connectivity index (χ4n) is 6.85. The van der Waals surface area contributed by atoms with Crippen LogP contribution in [0.3, 0.4) is 0 Å². The molecule has 0 spiro atoms. The van der Waals surface area contributed by atoms with E-state index < -0.39 is 0 Å². The molecule has 45 heavy (non-hydrogen) atoms. The van der Waals surface area contributed by atoms with E-state index >= 15 is 0 Å². The van der Waals surface area contributed by atoms with Crippen molar-refractivity contribution in [3.05, 3.63) is 146 Å². The summed E-state index contributed by atoms with van der Waals surface area (Å²) < 4.78 is 4.20. The second-order valence-corrected chi connectivity index (χ2v) is 11.5. The largest absolute Gasteiger partial charge is 3.00 e. The van der Waals surface area contributed by atoms with Crippen molar-refractivity contribution < 1.29 is 24.8 Å². The maximum atomic E-state index is 4.67. The van der Waals surface area contributed by atoms with Gasteiger partial charge in [0.15, 0.2) is 0 Å². The van der Waals surface area contributed by atoms with Gasteiger partial charge in [0, 0.05) is 17.3 Å². The molecule has 5 aromatic carbocycles. The summed E-state index contributed by atoms with van der Waals surface area (Å²) in [6.45, 7) is 2.06. The van der Waals surface area contributed by atoms with Gasteiger partial charge in [-0.1, -0.05) is 103 Å². The van der Waals surface area contributed by atoms with Crippen LogP contribution in [0, 0.1) is 18.9 Å². The maximum Gasteiger partial charge on any atom is 3.00 e. The fourth-order valence-corrected chi connectivity index (χ4v) is 6.85. The van der Waals surface area contributed by atoms with E-state index in [4.69, 9.17) is 0 Å². The number of nitrogens with zero attached hydrogens (tertiary/aromatic N) is 5. The van der Waals surface area contributed by atoms with Crippen molar-refractivity contribution in [1.82, 2.24) is 14.5 Å². The van der Waals surface area contributed by atoms with Crippen LogP contribution in [0.2, 0.25) is 0 Å². The molecular weight excluding hydrogens is 731 g/mol. The first kappa shape index (κ1) is 27.5. The zero-order valence-electron chi connectivity index (χ0n) is 24.7. The molecule has 0 saturated heterocycles. The molecule has 0 N–H and O–H groups in total. The molecule has 0 fully saturated rings. The van der Waals surface area contributed by atoms with Gasteiger partial charge in [0.1, 0.15) is 11.9 Å². The van der Waals surface area contributed by atoms with Gasteiger partial charge in [-0.2, -0.15) is 12.1 Å². The van der Waals surface area contributed by atoms with Gasteiger partial charge >= 0.3 is 20.1 Å². The minimum absolute atomic E-state index is 0. The number of pyridine rings is 2. The van der Waals surface area contributed by atoms with Crippen molar-refractivity contribution in [3.8, 4) is 11.3 Å². The van der Waals surface area contributed by atoms with E-state index in [1.54, 1.807) is 0 Å². The molecule has 216 valence electrons. The van der Waals surface area contributed by atoms with Crippen molar-refractivity contribution in [2.24, 2.45) is 7.05 Å². The van der Waals surface area contributed by atoms with Crippen LogP contribution in [-0.4, -0.2) is 21.5 Å². The van der Waals surface area contributed by atoms with Crippen LogP contribution in [-0.2, 0) is 27.2 Å². The summed E-state index contributed by atoms with van der Waals surface area (Å²) in [4.78, 5) is 6.74. The Kier molecular flexibility index (Phi) is 6.45. The Morgan fingerprint density at radius 3 is 2.44 bits per heavy atom. The summed E-state index contributed by atoms with van der Waals surface area (Å²) >= 11 is 0. The second kappa shape index (κ2) is 10.6. The molecule has 0 amide bonds. The summed E-state index contributed by atoms with van der Waals surface area (Å²) in [5, 5.41) is 12.0. The number of rotatable bonds is 0. The van der Waals surface area contributed by atoms with Crippen molar-refractivity contribution in [3.63, 3.8) is 0 Å². The smallest absolute Gasteiger partial charge is 0.504 e. The van der Waals surface area contributed by atoms with Crippen molar-refractivity contribution in [2.75, 3.05) is 12.1 Å². The quantitative estimate of drug-likeness (QED) is 0.0687. The summed E-state index contributed by atoms with van der Waals surface area (Å²) in [6.07, 6.45) is 9.27. The van der Waals surface area contributed by atoms with E-state index in [0.717, 1.165) is 16.6 Å². The van der Waals surface area contributed by atoms with E-state index in [-0.39, 0.29) is 20.1 Å². The Balaban J connectivity index is 0.000000139. The molecule has 0 saturated carbocycles. The molecule has 5 nitrogen and oxygen atoms in total. The summed E-state index contributed by atoms with van der Waals surface area (Å²) in [5.41, 5.74) is 7.08. The average Bonchev–Trinajstić information content (AvgIpc) is 3.67. The first-order valence-electron chi connectivity index (χ1n) is 14.8. The monoisotopic (exact) mass is 758 g/mol. The molecule has 3 aromatic heterocycles. The third-order valence-corrected chi connectivity index (χ3v) is 8.80. The number of aryl methyl sites for hydroxylation is 1. The number of hydrogen-bond donors (Lipinski definition) is 0. The van der Waals surface area contributed by atoms with Crippen LogP contribution in [0.15, 0.2) is 122 Å². The van der Waals surface area contributed by atoms with E-state index in [1.165, 1.54) is 60.0 Å². The van der Waals surface area contributed by atoms with Gasteiger partial charge in [-0.15, -0.1) is 11.5 Å². The van der Waals surface area contributed by atoms with Gasteiger partial charge in [-0.25, -0.2) is 4.68 Å². The van der Waals surface area contributed by atoms with Crippen LogP contribution in [0.25, 0.3) is 71.1 Å². The Morgan fingerprint density at radius 2 is 1.53 bits per heavy atom. The normalized spacial score (nSPS) is 13.3. The molecule has 0 unspecified atom stereocenters. The van der Waals surface area contributed by atoms with Crippen LogP contribution >= 0.6 is 0 Å². The van der Waals surface area contributed by atoms with Gasteiger partial charge in [-0.05, 0) is 70.3 Å². The predicted octanol–water partition coefficient (Wildman–Crippen LogP) is 7.74. The topological polar surface area (TPSA) is 28.2 Å². The number of fused-ring (bicyclic) bond motifs is 15.